The number of amides is 1. The third-order valence-corrected chi connectivity index (χ3v) is 6.37. The summed E-state index contributed by atoms with van der Waals surface area (Å²) in [6.07, 6.45) is 0. The zero-order valence-corrected chi connectivity index (χ0v) is 16.5. The molecule has 2 aromatic carbocycles. The van der Waals surface area contributed by atoms with Gasteiger partial charge in [0.1, 0.15) is 4.90 Å². The summed E-state index contributed by atoms with van der Waals surface area (Å²) in [5, 5.41) is 3.31. The predicted molar refractivity (Wildman–Crippen MR) is 101 cm³/mol. The number of benzene rings is 2. The molecule has 0 saturated carbocycles. The summed E-state index contributed by atoms with van der Waals surface area (Å²) in [6.45, 7) is 1.42. The third kappa shape index (κ3) is 4.86. The number of halogens is 3. The third-order valence-electron chi connectivity index (χ3n) is 3.35. The van der Waals surface area contributed by atoms with Gasteiger partial charge in [-0.15, -0.1) is 0 Å². The summed E-state index contributed by atoms with van der Waals surface area (Å²) in [7, 11) is -2.59. The minimum atomic E-state index is -3.90. The van der Waals surface area contributed by atoms with E-state index in [2.05, 4.69) is 5.32 Å². The summed E-state index contributed by atoms with van der Waals surface area (Å²) < 4.78 is 26.1. The topological polar surface area (TPSA) is 66.5 Å². The molecular weight excluding hydrogens is 407 g/mol. The highest BCUT2D eigenvalue weighted by atomic mass is 35.5. The molecule has 0 fully saturated rings. The van der Waals surface area contributed by atoms with E-state index in [4.69, 9.17) is 34.8 Å². The molecular formula is C16H15Cl3N2O3S. The van der Waals surface area contributed by atoms with Crippen molar-refractivity contribution in [3.63, 3.8) is 0 Å². The van der Waals surface area contributed by atoms with Gasteiger partial charge in [0.15, 0.2) is 0 Å². The molecule has 134 valence electrons. The van der Waals surface area contributed by atoms with Crippen LogP contribution in [0.1, 0.15) is 5.56 Å². The summed E-state index contributed by atoms with van der Waals surface area (Å²) in [6, 6.07) is 9.19. The molecule has 0 aliphatic carbocycles. The van der Waals surface area contributed by atoms with E-state index in [1.165, 1.54) is 25.2 Å². The van der Waals surface area contributed by atoms with Crippen molar-refractivity contribution in [1.82, 2.24) is 4.31 Å². The van der Waals surface area contributed by atoms with E-state index in [9.17, 15) is 13.2 Å². The number of hydrogen-bond donors (Lipinski definition) is 1. The molecule has 25 heavy (non-hydrogen) atoms. The molecule has 0 radical (unpaired) electrons. The molecule has 0 spiro atoms. The monoisotopic (exact) mass is 420 g/mol. The Hall–Kier alpha value is -1.31. The Balaban J connectivity index is 2.13. The van der Waals surface area contributed by atoms with Gasteiger partial charge in [-0.2, -0.15) is 4.31 Å². The minimum absolute atomic E-state index is 0.0513. The zero-order chi connectivity index (χ0) is 18.8. The van der Waals surface area contributed by atoms with Crippen LogP contribution >= 0.6 is 34.8 Å². The lowest BCUT2D eigenvalue weighted by Crippen LogP contribution is -2.35. The van der Waals surface area contributed by atoms with Crippen LogP contribution in [-0.4, -0.2) is 32.2 Å². The molecule has 1 N–H and O–H groups in total. The number of rotatable bonds is 5. The van der Waals surface area contributed by atoms with Crippen LogP contribution < -0.4 is 5.32 Å². The highest BCUT2D eigenvalue weighted by molar-refractivity contribution is 7.89. The van der Waals surface area contributed by atoms with Crippen LogP contribution in [0.25, 0.3) is 0 Å². The SMILES string of the molecule is Cc1ccc(S(=O)(=O)N(C)CC(=O)Nc2ccc(Cl)c(Cl)c2)c(Cl)c1. The molecule has 0 heterocycles. The number of aryl methyl sites for hydroxylation is 1. The van der Waals surface area contributed by atoms with Gasteiger partial charge in [-0.25, -0.2) is 8.42 Å². The lowest BCUT2D eigenvalue weighted by molar-refractivity contribution is -0.116. The first-order valence-electron chi connectivity index (χ1n) is 7.08. The smallest absolute Gasteiger partial charge is 0.244 e. The molecule has 5 nitrogen and oxygen atoms in total. The Morgan fingerprint density at radius 3 is 2.32 bits per heavy atom. The van der Waals surface area contributed by atoms with Gasteiger partial charge in [-0.1, -0.05) is 40.9 Å². The molecule has 0 atom stereocenters. The average molecular weight is 422 g/mol. The first kappa shape index (κ1) is 20.0. The number of carbonyl (C=O) groups excluding carboxylic acids is 1. The number of nitrogens with one attached hydrogen (secondary N) is 1. The van der Waals surface area contributed by atoms with Crippen LogP contribution in [0.15, 0.2) is 41.3 Å². The van der Waals surface area contributed by atoms with Gasteiger partial charge in [0.2, 0.25) is 15.9 Å². The normalized spacial score (nSPS) is 11.6. The molecule has 0 saturated heterocycles. The van der Waals surface area contributed by atoms with E-state index >= 15 is 0 Å². The van der Waals surface area contributed by atoms with Crippen LogP contribution in [0.2, 0.25) is 15.1 Å². The Bertz CT molecular complexity index is 917. The molecule has 9 heteroatoms. The second-order valence-electron chi connectivity index (χ2n) is 5.37. The molecule has 0 unspecified atom stereocenters. The van der Waals surface area contributed by atoms with Crippen molar-refractivity contribution >= 4 is 56.4 Å². The predicted octanol–water partition coefficient (Wildman–Crippen LogP) is 4.21. The van der Waals surface area contributed by atoms with Crippen molar-refractivity contribution < 1.29 is 13.2 Å². The van der Waals surface area contributed by atoms with Crippen molar-refractivity contribution in [3.05, 3.63) is 57.0 Å². The molecule has 0 aromatic heterocycles. The van der Waals surface area contributed by atoms with Crippen LogP contribution in [-0.2, 0) is 14.8 Å². The van der Waals surface area contributed by atoms with Crippen LogP contribution in [0.4, 0.5) is 5.69 Å². The highest BCUT2D eigenvalue weighted by Crippen LogP contribution is 2.26. The van der Waals surface area contributed by atoms with E-state index in [1.807, 2.05) is 0 Å². The van der Waals surface area contributed by atoms with Crippen molar-refractivity contribution in [1.29, 1.82) is 0 Å². The summed E-state index contributed by atoms with van der Waals surface area (Å²) >= 11 is 17.7. The van der Waals surface area contributed by atoms with Crippen molar-refractivity contribution in [2.45, 2.75) is 11.8 Å². The Labute approximate surface area is 161 Å². The fraction of sp³-hybridized carbons (Fsp3) is 0.188. The van der Waals surface area contributed by atoms with Gasteiger partial charge in [-0.3, -0.25) is 4.79 Å². The number of carbonyl (C=O) groups is 1. The second kappa shape index (κ2) is 7.93. The maximum Gasteiger partial charge on any atom is 0.244 e. The maximum absolute atomic E-state index is 12.6. The number of sulfonamides is 1. The van der Waals surface area contributed by atoms with E-state index in [1.54, 1.807) is 25.1 Å². The largest absolute Gasteiger partial charge is 0.325 e. The van der Waals surface area contributed by atoms with Gasteiger partial charge >= 0.3 is 0 Å². The molecule has 0 aliphatic heterocycles. The first-order chi connectivity index (χ1) is 11.6. The van der Waals surface area contributed by atoms with Gasteiger partial charge in [-0.05, 0) is 42.8 Å². The molecule has 0 bridgehead atoms. The van der Waals surface area contributed by atoms with Crippen molar-refractivity contribution in [2.75, 3.05) is 18.9 Å². The van der Waals surface area contributed by atoms with Gasteiger partial charge in [0, 0.05) is 12.7 Å². The van der Waals surface area contributed by atoms with Crippen LogP contribution in [0, 0.1) is 6.92 Å². The second-order valence-corrected chi connectivity index (χ2v) is 8.61. The maximum atomic E-state index is 12.6. The van der Waals surface area contributed by atoms with Crippen molar-refractivity contribution in [3.8, 4) is 0 Å². The minimum Gasteiger partial charge on any atom is -0.325 e. The van der Waals surface area contributed by atoms with E-state index in [0.29, 0.717) is 10.7 Å². The van der Waals surface area contributed by atoms with Crippen LogP contribution in [0.3, 0.4) is 0 Å². The van der Waals surface area contributed by atoms with E-state index < -0.39 is 15.9 Å². The van der Waals surface area contributed by atoms with Gasteiger partial charge < -0.3 is 5.32 Å². The molecule has 2 rings (SSSR count). The Morgan fingerprint density at radius 1 is 1.04 bits per heavy atom. The lowest BCUT2D eigenvalue weighted by Gasteiger charge is -2.18. The first-order valence-corrected chi connectivity index (χ1v) is 9.66. The van der Waals surface area contributed by atoms with Gasteiger partial charge in [0.05, 0.1) is 21.6 Å². The quantitative estimate of drug-likeness (QED) is 0.786. The number of nitrogens with zero attached hydrogens (tertiary/aromatic N) is 1. The van der Waals surface area contributed by atoms with Crippen LogP contribution in [0.5, 0.6) is 0 Å². The zero-order valence-electron chi connectivity index (χ0n) is 13.4. The number of anilines is 1. The fourth-order valence-corrected chi connectivity index (χ4v) is 4.04. The van der Waals surface area contributed by atoms with E-state index in [-0.39, 0.29) is 21.5 Å². The molecule has 1 amide bonds. The number of likely N-dealkylation sites (N-methyl/N-ethyl adjacent to an activating group) is 1. The van der Waals surface area contributed by atoms with Crippen molar-refractivity contribution in [2.24, 2.45) is 0 Å². The molecule has 2 aromatic rings. The average Bonchev–Trinajstić information content (AvgIpc) is 2.50. The lowest BCUT2D eigenvalue weighted by atomic mass is 10.2. The Morgan fingerprint density at radius 2 is 1.72 bits per heavy atom. The van der Waals surface area contributed by atoms with Gasteiger partial charge in [0.25, 0.3) is 0 Å². The number of hydrogen-bond acceptors (Lipinski definition) is 3. The summed E-state index contributed by atoms with van der Waals surface area (Å²) in [5.74, 6) is -0.521. The molecule has 0 aliphatic rings. The standard InChI is InChI=1S/C16H15Cl3N2O3S/c1-10-3-6-15(14(19)7-10)25(23,24)21(2)9-16(22)20-11-4-5-12(17)13(18)8-11/h3-8H,9H2,1-2H3,(H,20,22). The van der Waals surface area contributed by atoms with E-state index in [0.717, 1.165) is 9.87 Å². The summed E-state index contributed by atoms with van der Waals surface area (Å²) in [5.41, 5.74) is 1.25. The highest BCUT2D eigenvalue weighted by Gasteiger charge is 2.25. The summed E-state index contributed by atoms with van der Waals surface area (Å²) in [4.78, 5) is 12.1. The fourth-order valence-electron chi connectivity index (χ4n) is 2.04. The Kier molecular flexibility index (Phi) is 6.35.